The van der Waals surface area contributed by atoms with Crippen LogP contribution in [0.5, 0.6) is 0 Å². The van der Waals surface area contributed by atoms with E-state index in [-0.39, 0.29) is 5.60 Å². The highest BCUT2D eigenvalue weighted by atomic mass is 32.1. The van der Waals surface area contributed by atoms with Crippen molar-refractivity contribution in [1.82, 2.24) is 0 Å². The third kappa shape index (κ3) is 8.12. The summed E-state index contributed by atoms with van der Waals surface area (Å²) >= 11 is 9.93. The first-order valence-electron chi connectivity index (χ1n) is 4.22. The van der Waals surface area contributed by atoms with Gasteiger partial charge in [0.1, 0.15) is 5.60 Å². The molecule has 0 saturated heterocycles. The van der Waals surface area contributed by atoms with Gasteiger partial charge in [-0.1, -0.05) is 0 Å². The predicted octanol–water partition coefficient (Wildman–Crippen LogP) is 2.88. The van der Waals surface area contributed by atoms with Crippen molar-refractivity contribution in [2.24, 2.45) is 0 Å². The molecule has 4 heteroatoms. The van der Waals surface area contributed by atoms with Crippen LogP contribution in [0.2, 0.25) is 0 Å². The monoisotopic (exact) mass is 220 g/mol. The van der Waals surface area contributed by atoms with Crippen molar-refractivity contribution >= 4 is 34.5 Å². The SMILES string of the molecule is CCOC(=S)CC(=S)OC(C)(C)C. The molecule has 0 atom stereocenters. The van der Waals surface area contributed by atoms with Gasteiger partial charge in [-0.25, -0.2) is 0 Å². The summed E-state index contributed by atoms with van der Waals surface area (Å²) in [5.41, 5.74) is -0.251. The quantitative estimate of drug-likeness (QED) is 0.680. The van der Waals surface area contributed by atoms with Crippen molar-refractivity contribution in [1.29, 1.82) is 0 Å². The number of hydrogen-bond acceptors (Lipinski definition) is 4. The number of thiocarbonyl (C=S) groups is 2. The van der Waals surface area contributed by atoms with E-state index in [1.807, 2.05) is 27.7 Å². The van der Waals surface area contributed by atoms with Gasteiger partial charge in [-0.05, 0) is 52.1 Å². The van der Waals surface area contributed by atoms with Crippen molar-refractivity contribution in [3.05, 3.63) is 0 Å². The van der Waals surface area contributed by atoms with Gasteiger partial charge in [0.05, 0.1) is 13.0 Å². The molecule has 76 valence electrons. The zero-order valence-electron chi connectivity index (χ0n) is 8.55. The van der Waals surface area contributed by atoms with Crippen molar-refractivity contribution in [3.8, 4) is 0 Å². The molecule has 0 aliphatic carbocycles. The molecule has 0 bridgehead atoms. The lowest BCUT2D eigenvalue weighted by Gasteiger charge is -2.21. The lowest BCUT2D eigenvalue weighted by molar-refractivity contribution is 0.118. The Hall–Kier alpha value is -0.220. The largest absolute Gasteiger partial charge is 0.487 e. The molecule has 0 saturated carbocycles. The molecular weight excluding hydrogens is 204 g/mol. The van der Waals surface area contributed by atoms with E-state index in [0.717, 1.165) is 0 Å². The highest BCUT2D eigenvalue weighted by molar-refractivity contribution is 7.81. The van der Waals surface area contributed by atoms with E-state index in [1.54, 1.807) is 0 Å². The smallest absolute Gasteiger partial charge is 0.168 e. The van der Waals surface area contributed by atoms with Crippen molar-refractivity contribution in [2.75, 3.05) is 6.61 Å². The maximum Gasteiger partial charge on any atom is 0.168 e. The summed E-state index contributed by atoms with van der Waals surface area (Å²) in [5, 5.41) is 0.989. The predicted molar refractivity (Wildman–Crippen MR) is 62.3 cm³/mol. The van der Waals surface area contributed by atoms with Crippen LogP contribution in [-0.2, 0) is 9.47 Å². The van der Waals surface area contributed by atoms with Gasteiger partial charge in [0.2, 0.25) is 0 Å². The van der Waals surface area contributed by atoms with Crippen LogP contribution in [0.15, 0.2) is 0 Å². The van der Waals surface area contributed by atoms with Crippen LogP contribution in [0.3, 0.4) is 0 Å². The topological polar surface area (TPSA) is 18.5 Å². The highest BCUT2D eigenvalue weighted by Crippen LogP contribution is 2.10. The summed E-state index contributed by atoms with van der Waals surface area (Å²) in [4.78, 5) is 0. The summed E-state index contributed by atoms with van der Waals surface area (Å²) in [6.45, 7) is 8.31. The van der Waals surface area contributed by atoms with E-state index in [4.69, 9.17) is 33.9 Å². The van der Waals surface area contributed by atoms with Gasteiger partial charge < -0.3 is 9.47 Å². The van der Waals surface area contributed by atoms with Gasteiger partial charge in [-0.3, -0.25) is 0 Å². The average molecular weight is 220 g/mol. The first-order chi connectivity index (χ1) is 5.85. The minimum absolute atomic E-state index is 0.251. The van der Waals surface area contributed by atoms with Crippen molar-refractivity contribution < 1.29 is 9.47 Å². The molecule has 0 radical (unpaired) electrons. The minimum Gasteiger partial charge on any atom is -0.487 e. The standard InChI is InChI=1S/C9H16O2S2/c1-5-10-7(12)6-8(13)11-9(2,3)4/h5-6H2,1-4H3. The summed E-state index contributed by atoms with van der Waals surface area (Å²) < 4.78 is 10.5. The van der Waals surface area contributed by atoms with E-state index in [0.29, 0.717) is 23.1 Å². The molecule has 0 amide bonds. The second-order valence-corrected chi connectivity index (χ2v) is 4.48. The van der Waals surface area contributed by atoms with E-state index in [1.165, 1.54) is 0 Å². The average Bonchev–Trinajstić information content (AvgIpc) is 1.81. The Labute approximate surface area is 90.6 Å². The van der Waals surface area contributed by atoms with Crippen LogP contribution in [0, 0.1) is 0 Å². The van der Waals surface area contributed by atoms with Gasteiger partial charge in [-0.2, -0.15) is 0 Å². The molecule has 0 unspecified atom stereocenters. The zero-order valence-corrected chi connectivity index (χ0v) is 10.2. The summed E-state index contributed by atoms with van der Waals surface area (Å²) in [6.07, 6.45) is 0.426. The van der Waals surface area contributed by atoms with E-state index in [2.05, 4.69) is 0 Å². The second-order valence-electron chi connectivity index (χ2n) is 3.57. The Morgan fingerprint density at radius 3 is 2.08 bits per heavy atom. The molecule has 2 nitrogen and oxygen atoms in total. The highest BCUT2D eigenvalue weighted by Gasteiger charge is 2.14. The molecule has 0 spiro atoms. The first-order valence-corrected chi connectivity index (χ1v) is 5.04. The number of rotatable bonds is 3. The molecule has 13 heavy (non-hydrogen) atoms. The Bertz CT molecular complexity index is 194. The summed E-state index contributed by atoms with van der Waals surface area (Å²) in [6, 6.07) is 0. The first kappa shape index (κ1) is 12.8. The number of hydrogen-bond donors (Lipinski definition) is 0. The molecule has 0 N–H and O–H groups in total. The van der Waals surface area contributed by atoms with Crippen LogP contribution in [0.4, 0.5) is 0 Å². The van der Waals surface area contributed by atoms with Crippen LogP contribution < -0.4 is 0 Å². The van der Waals surface area contributed by atoms with Gasteiger partial charge in [-0.15, -0.1) is 0 Å². The summed E-state index contributed by atoms with van der Waals surface area (Å²) in [7, 11) is 0. The maximum atomic E-state index is 5.42. The number of ether oxygens (including phenoxy) is 2. The zero-order chi connectivity index (χ0) is 10.5. The third-order valence-electron chi connectivity index (χ3n) is 1.01. The molecule has 0 heterocycles. The van der Waals surface area contributed by atoms with Crippen LogP contribution >= 0.6 is 24.4 Å². The molecule has 0 aromatic heterocycles. The van der Waals surface area contributed by atoms with E-state index in [9.17, 15) is 0 Å². The molecular formula is C9H16O2S2. The lowest BCUT2D eigenvalue weighted by Crippen LogP contribution is -2.24. The summed E-state index contributed by atoms with van der Waals surface area (Å²) in [5.74, 6) is 0. The Morgan fingerprint density at radius 2 is 1.69 bits per heavy atom. The van der Waals surface area contributed by atoms with Gasteiger partial charge >= 0.3 is 0 Å². The van der Waals surface area contributed by atoms with Gasteiger partial charge in [0, 0.05) is 0 Å². The molecule has 0 fully saturated rings. The van der Waals surface area contributed by atoms with Crippen LogP contribution in [0.1, 0.15) is 34.1 Å². The fourth-order valence-electron chi connectivity index (χ4n) is 0.707. The molecule has 0 aromatic carbocycles. The molecule has 0 rings (SSSR count). The van der Waals surface area contributed by atoms with Crippen LogP contribution in [-0.4, -0.2) is 22.3 Å². The molecule has 0 aliphatic heterocycles. The fraction of sp³-hybridized carbons (Fsp3) is 0.778. The van der Waals surface area contributed by atoms with Gasteiger partial charge in [0.15, 0.2) is 10.1 Å². The molecule has 0 aliphatic rings. The maximum absolute atomic E-state index is 5.42. The Balaban J connectivity index is 3.82. The normalized spacial score (nSPS) is 10.8. The lowest BCUT2D eigenvalue weighted by atomic mass is 10.2. The Morgan fingerprint density at radius 1 is 1.15 bits per heavy atom. The Kier molecular flexibility index (Phi) is 5.40. The molecule has 0 aromatic rings. The van der Waals surface area contributed by atoms with E-state index >= 15 is 0 Å². The third-order valence-corrected chi connectivity index (χ3v) is 1.50. The van der Waals surface area contributed by atoms with Gasteiger partial charge in [0.25, 0.3) is 0 Å². The minimum atomic E-state index is -0.251. The fourth-order valence-corrected chi connectivity index (χ4v) is 1.43. The van der Waals surface area contributed by atoms with Crippen LogP contribution in [0.25, 0.3) is 0 Å². The second kappa shape index (κ2) is 5.50. The van der Waals surface area contributed by atoms with Crippen molar-refractivity contribution in [2.45, 2.75) is 39.7 Å². The van der Waals surface area contributed by atoms with E-state index < -0.39 is 0 Å². The van der Waals surface area contributed by atoms with Crippen molar-refractivity contribution in [3.63, 3.8) is 0 Å².